The highest BCUT2D eigenvalue weighted by molar-refractivity contribution is 5.75. The lowest BCUT2D eigenvalue weighted by atomic mass is 10.1. The molecule has 1 aromatic rings. The molecule has 0 amide bonds. The molecule has 0 spiro atoms. The first-order valence-corrected chi connectivity index (χ1v) is 5.85. The molecule has 0 aliphatic carbocycles. The molecule has 0 aliphatic rings. The van der Waals surface area contributed by atoms with Crippen LogP contribution in [0.1, 0.15) is 31.7 Å². The number of anilines is 1. The lowest BCUT2D eigenvalue weighted by molar-refractivity contribution is -0.117. The van der Waals surface area contributed by atoms with Crippen molar-refractivity contribution in [3.63, 3.8) is 0 Å². The standard InChI is InChI=1S/C14H18N2O/c1-12(17)7-5-6-10-16(2)14-9-4-3-8-13(14)11-15/h3-4,8-9H,5-7,10H2,1-2H3. The molecule has 17 heavy (non-hydrogen) atoms. The number of benzene rings is 1. The fourth-order valence-corrected chi connectivity index (χ4v) is 1.74. The average Bonchev–Trinajstić information content (AvgIpc) is 2.34. The molecule has 0 fully saturated rings. The number of para-hydroxylation sites is 1. The summed E-state index contributed by atoms with van der Waals surface area (Å²) < 4.78 is 0. The molecule has 0 saturated heterocycles. The maximum Gasteiger partial charge on any atom is 0.129 e. The van der Waals surface area contributed by atoms with E-state index in [1.165, 1.54) is 0 Å². The molecule has 90 valence electrons. The summed E-state index contributed by atoms with van der Waals surface area (Å²) in [6, 6.07) is 9.76. The number of unbranched alkanes of at least 4 members (excludes halogenated alkanes) is 1. The van der Waals surface area contributed by atoms with Gasteiger partial charge in [0.1, 0.15) is 11.9 Å². The smallest absolute Gasteiger partial charge is 0.129 e. The molecule has 0 saturated carbocycles. The van der Waals surface area contributed by atoms with Gasteiger partial charge in [0.05, 0.1) is 11.3 Å². The summed E-state index contributed by atoms with van der Waals surface area (Å²) in [7, 11) is 1.98. The second-order valence-electron chi connectivity index (χ2n) is 4.21. The number of carbonyl (C=O) groups excluding carboxylic acids is 1. The van der Waals surface area contributed by atoms with Gasteiger partial charge in [0, 0.05) is 20.0 Å². The molecule has 0 radical (unpaired) electrons. The fourth-order valence-electron chi connectivity index (χ4n) is 1.74. The number of ketones is 1. The molecule has 1 aromatic carbocycles. The van der Waals surface area contributed by atoms with Crippen LogP contribution in [0.3, 0.4) is 0 Å². The third-order valence-corrected chi connectivity index (χ3v) is 2.71. The Balaban J connectivity index is 2.50. The van der Waals surface area contributed by atoms with Crippen LogP contribution in [0.5, 0.6) is 0 Å². The van der Waals surface area contributed by atoms with Gasteiger partial charge in [-0.3, -0.25) is 0 Å². The molecule has 1 rings (SSSR count). The topological polar surface area (TPSA) is 44.1 Å². The zero-order valence-corrected chi connectivity index (χ0v) is 10.4. The summed E-state index contributed by atoms with van der Waals surface area (Å²) in [6.45, 7) is 2.49. The van der Waals surface area contributed by atoms with Gasteiger partial charge in [-0.2, -0.15) is 5.26 Å². The Morgan fingerprint density at radius 3 is 2.71 bits per heavy atom. The molecule has 0 aromatic heterocycles. The number of nitrogens with zero attached hydrogens (tertiary/aromatic N) is 2. The Morgan fingerprint density at radius 2 is 2.06 bits per heavy atom. The van der Waals surface area contributed by atoms with Crippen LogP contribution in [0.2, 0.25) is 0 Å². The van der Waals surface area contributed by atoms with E-state index in [0.717, 1.165) is 25.1 Å². The van der Waals surface area contributed by atoms with Gasteiger partial charge in [-0.05, 0) is 31.9 Å². The second kappa shape index (κ2) is 6.70. The average molecular weight is 230 g/mol. The van der Waals surface area contributed by atoms with Gasteiger partial charge in [-0.1, -0.05) is 12.1 Å². The lowest BCUT2D eigenvalue weighted by Gasteiger charge is -2.20. The zero-order valence-electron chi connectivity index (χ0n) is 10.4. The summed E-state index contributed by atoms with van der Waals surface area (Å²) in [5.41, 5.74) is 1.65. The van der Waals surface area contributed by atoms with Crippen molar-refractivity contribution in [1.29, 1.82) is 5.26 Å². The quantitative estimate of drug-likeness (QED) is 0.706. The van der Waals surface area contributed by atoms with Crippen LogP contribution in [0, 0.1) is 11.3 Å². The summed E-state index contributed by atoms with van der Waals surface area (Å²) in [6.07, 6.45) is 2.53. The van der Waals surface area contributed by atoms with Crippen molar-refractivity contribution < 1.29 is 4.79 Å². The van der Waals surface area contributed by atoms with Crippen molar-refractivity contribution in [3.8, 4) is 6.07 Å². The normalized spacial score (nSPS) is 9.71. The molecule has 0 aliphatic heterocycles. The highest BCUT2D eigenvalue weighted by Crippen LogP contribution is 2.18. The Bertz CT molecular complexity index is 420. The van der Waals surface area contributed by atoms with Crippen LogP contribution in [0.4, 0.5) is 5.69 Å². The number of rotatable bonds is 6. The molecule has 0 bridgehead atoms. The minimum Gasteiger partial charge on any atom is -0.374 e. The van der Waals surface area contributed by atoms with E-state index < -0.39 is 0 Å². The van der Waals surface area contributed by atoms with Gasteiger partial charge in [-0.15, -0.1) is 0 Å². The van der Waals surface area contributed by atoms with Gasteiger partial charge in [-0.25, -0.2) is 0 Å². The van der Waals surface area contributed by atoms with Crippen molar-refractivity contribution in [2.75, 3.05) is 18.5 Å². The minimum absolute atomic E-state index is 0.241. The number of nitriles is 1. The molecule has 0 N–H and O–H groups in total. The first-order valence-electron chi connectivity index (χ1n) is 5.85. The molecular formula is C14H18N2O. The van der Waals surface area contributed by atoms with E-state index in [0.29, 0.717) is 12.0 Å². The number of hydrogen-bond acceptors (Lipinski definition) is 3. The molecule has 3 heteroatoms. The van der Waals surface area contributed by atoms with Crippen molar-refractivity contribution in [2.45, 2.75) is 26.2 Å². The van der Waals surface area contributed by atoms with Crippen molar-refractivity contribution in [1.82, 2.24) is 0 Å². The third kappa shape index (κ3) is 4.28. The van der Waals surface area contributed by atoms with Crippen LogP contribution in [0.15, 0.2) is 24.3 Å². The van der Waals surface area contributed by atoms with E-state index in [4.69, 9.17) is 5.26 Å². The second-order valence-corrected chi connectivity index (χ2v) is 4.21. The summed E-state index contributed by atoms with van der Waals surface area (Å²) >= 11 is 0. The van der Waals surface area contributed by atoms with E-state index in [9.17, 15) is 4.79 Å². The summed E-state index contributed by atoms with van der Waals surface area (Å²) in [5.74, 6) is 0.241. The van der Waals surface area contributed by atoms with Crippen LogP contribution in [0.25, 0.3) is 0 Å². The third-order valence-electron chi connectivity index (χ3n) is 2.71. The van der Waals surface area contributed by atoms with Gasteiger partial charge in [0.2, 0.25) is 0 Å². The van der Waals surface area contributed by atoms with E-state index in [1.54, 1.807) is 6.92 Å². The van der Waals surface area contributed by atoms with Crippen LogP contribution in [-0.4, -0.2) is 19.4 Å². The number of hydrogen-bond donors (Lipinski definition) is 0. The molecule has 0 atom stereocenters. The highest BCUT2D eigenvalue weighted by atomic mass is 16.1. The first kappa shape index (κ1) is 13.2. The maximum atomic E-state index is 10.8. The van der Waals surface area contributed by atoms with Gasteiger partial charge < -0.3 is 9.69 Å². The van der Waals surface area contributed by atoms with Crippen LogP contribution >= 0.6 is 0 Å². The van der Waals surface area contributed by atoms with Gasteiger partial charge >= 0.3 is 0 Å². The Morgan fingerprint density at radius 1 is 1.35 bits per heavy atom. The zero-order chi connectivity index (χ0) is 12.7. The van der Waals surface area contributed by atoms with Crippen molar-refractivity contribution in [2.24, 2.45) is 0 Å². The summed E-state index contributed by atoms with van der Waals surface area (Å²) in [4.78, 5) is 12.9. The van der Waals surface area contributed by atoms with Gasteiger partial charge in [0.15, 0.2) is 0 Å². The minimum atomic E-state index is 0.241. The Labute approximate surface area is 103 Å². The highest BCUT2D eigenvalue weighted by Gasteiger charge is 2.05. The fraction of sp³-hybridized carbons (Fsp3) is 0.429. The predicted molar refractivity (Wildman–Crippen MR) is 69.0 cm³/mol. The summed E-state index contributed by atoms with van der Waals surface area (Å²) in [5, 5.41) is 8.99. The molecular weight excluding hydrogens is 212 g/mol. The monoisotopic (exact) mass is 230 g/mol. The Hall–Kier alpha value is -1.82. The van der Waals surface area contributed by atoms with E-state index in [1.807, 2.05) is 31.3 Å². The van der Waals surface area contributed by atoms with Crippen LogP contribution in [-0.2, 0) is 4.79 Å². The predicted octanol–water partition coefficient (Wildman–Crippen LogP) is 2.75. The molecule has 0 heterocycles. The van der Waals surface area contributed by atoms with Crippen molar-refractivity contribution >= 4 is 11.5 Å². The SMILES string of the molecule is CC(=O)CCCCN(C)c1ccccc1C#N. The molecule has 0 unspecified atom stereocenters. The van der Waals surface area contributed by atoms with E-state index >= 15 is 0 Å². The molecule has 3 nitrogen and oxygen atoms in total. The number of Topliss-reactive ketones (excluding diaryl/α,β-unsaturated/α-hetero) is 1. The largest absolute Gasteiger partial charge is 0.374 e. The maximum absolute atomic E-state index is 10.8. The van der Waals surface area contributed by atoms with Gasteiger partial charge in [0.25, 0.3) is 0 Å². The first-order chi connectivity index (χ1) is 8.15. The Kier molecular flexibility index (Phi) is 5.22. The number of carbonyl (C=O) groups is 1. The lowest BCUT2D eigenvalue weighted by Crippen LogP contribution is -2.19. The van der Waals surface area contributed by atoms with E-state index in [-0.39, 0.29) is 5.78 Å². The van der Waals surface area contributed by atoms with Crippen molar-refractivity contribution in [3.05, 3.63) is 29.8 Å². The van der Waals surface area contributed by atoms with Crippen LogP contribution < -0.4 is 4.90 Å². The van der Waals surface area contributed by atoms with E-state index in [2.05, 4.69) is 11.0 Å².